The van der Waals surface area contributed by atoms with Crippen LogP contribution in [-0.4, -0.2) is 52.7 Å². The summed E-state index contributed by atoms with van der Waals surface area (Å²) in [4.78, 5) is 11.8. The van der Waals surface area contributed by atoms with Crippen LogP contribution in [0.2, 0.25) is 5.02 Å². The lowest BCUT2D eigenvalue weighted by Crippen LogP contribution is -2.15. The molecule has 118 valence electrons. The first-order chi connectivity index (χ1) is 10.2. The number of hydrogen-bond donors (Lipinski definition) is 1. The van der Waals surface area contributed by atoms with Crippen LogP contribution in [0.1, 0.15) is 10.4 Å². The summed E-state index contributed by atoms with van der Waals surface area (Å²) in [5.74, 6) is -0.557. The Morgan fingerprint density at radius 3 is 2.33 bits per heavy atom. The van der Waals surface area contributed by atoms with Crippen LogP contribution in [0.3, 0.4) is 0 Å². The van der Waals surface area contributed by atoms with Gasteiger partial charge >= 0.3 is 5.97 Å². The SMILES string of the molecule is COCCOCCOCCOC(=O)c1c(N)cccc1Cl. The number of methoxy groups -OCH3 is 1. The van der Waals surface area contributed by atoms with Crippen molar-refractivity contribution in [1.29, 1.82) is 0 Å². The molecule has 0 spiro atoms. The molecule has 1 rings (SSSR count). The van der Waals surface area contributed by atoms with E-state index in [0.29, 0.717) is 32.1 Å². The highest BCUT2D eigenvalue weighted by Gasteiger charge is 2.14. The standard InChI is InChI=1S/C14H20ClNO5/c1-18-5-6-19-7-8-20-9-10-21-14(17)13-11(15)3-2-4-12(13)16/h2-4H,5-10,16H2,1H3. The molecule has 0 fully saturated rings. The quantitative estimate of drug-likeness (QED) is 0.402. The van der Waals surface area contributed by atoms with E-state index in [-0.39, 0.29) is 23.8 Å². The van der Waals surface area contributed by atoms with E-state index in [9.17, 15) is 4.79 Å². The average molecular weight is 318 g/mol. The van der Waals surface area contributed by atoms with Crippen LogP contribution in [0.25, 0.3) is 0 Å². The molecule has 0 saturated carbocycles. The lowest BCUT2D eigenvalue weighted by atomic mass is 10.2. The fourth-order valence-electron chi connectivity index (χ4n) is 1.49. The Hall–Kier alpha value is -1.34. The number of rotatable bonds is 10. The van der Waals surface area contributed by atoms with Crippen molar-refractivity contribution >= 4 is 23.3 Å². The summed E-state index contributed by atoms with van der Waals surface area (Å²) in [5.41, 5.74) is 6.16. The molecule has 0 aliphatic carbocycles. The maximum Gasteiger partial charge on any atom is 0.341 e. The van der Waals surface area contributed by atoms with Gasteiger partial charge in [0.05, 0.1) is 38.1 Å². The van der Waals surface area contributed by atoms with Gasteiger partial charge < -0.3 is 24.7 Å². The predicted octanol–water partition coefficient (Wildman–Crippen LogP) is 1.76. The van der Waals surface area contributed by atoms with Crippen LogP contribution in [0.5, 0.6) is 0 Å². The fraction of sp³-hybridized carbons (Fsp3) is 0.500. The Morgan fingerprint density at radius 1 is 1.10 bits per heavy atom. The van der Waals surface area contributed by atoms with Gasteiger partial charge in [-0.1, -0.05) is 17.7 Å². The van der Waals surface area contributed by atoms with Crippen LogP contribution in [-0.2, 0) is 18.9 Å². The van der Waals surface area contributed by atoms with Crippen LogP contribution >= 0.6 is 11.6 Å². The number of nitrogen functional groups attached to an aromatic ring is 1. The van der Waals surface area contributed by atoms with Gasteiger partial charge in [-0.3, -0.25) is 0 Å². The van der Waals surface area contributed by atoms with Gasteiger partial charge in [-0.25, -0.2) is 4.79 Å². The maximum atomic E-state index is 11.8. The van der Waals surface area contributed by atoms with Crippen LogP contribution < -0.4 is 5.73 Å². The molecule has 21 heavy (non-hydrogen) atoms. The second kappa shape index (κ2) is 10.4. The Morgan fingerprint density at radius 2 is 1.71 bits per heavy atom. The molecule has 0 heterocycles. The zero-order chi connectivity index (χ0) is 15.5. The first-order valence-electron chi connectivity index (χ1n) is 6.52. The lowest BCUT2D eigenvalue weighted by molar-refractivity contribution is 0.00575. The summed E-state index contributed by atoms with van der Waals surface area (Å²) < 4.78 is 20.3. The molecule has 0 bridgehead atoms. The van der Waals surface area contributed by atoms with Gasteiger partial charge in [-0.2, -0.15) is 0 Å². The molecule has 6 nitrogen and oxygen atoms in total. The Kier molecular flexibility index (Phi) is 8.77. The molecule has 0 atom stereocenters. The van der Waals surface area contributed by atoms with Crippen molar-refractivity contribution in [3.8, 4) is 0 Å². The van der Waals surface area contributed by atoms with Crippen molar-refractivity contribution in [2.24, 2.45) is 0 Å². The first-order valence-corrected chi connectivity index (χ1v) is 6.90. The monoisotopic (exact) mass is 317 g/mol. The minimum atomic E-state index is -0.557. The molecule has 0 unspecified atom stereocenters. The van der Waals surface area contributed by atoms with E-state index < -0.39 is 5.97 Å². The van der Waals surface area contributed by atoms with Gasteiger partial charge in [0.2, 0.25) is 0 Å². The molecule has 0 amide bonds. The molecule has 7 heteroatoms. The molecule has 1 aromatic rings. The molecule has 0 aliphatic heterocycles. The predicted molar refractivity (Wildman–Crippen MR) is 79.7 cm³/mol. The zero-order valence-corrected chi connectivity index (χ0v) is 12.7. The number of benzene rings is 1. The van der Waals surface area contributed by atoms with Crippen LogP contribution in [0.4, 0.5) is 5.69 Å². The number of carbonyl (C=O) groups excluding carboxylic acids is 1. The topological polar surface area (TPSA) is 80.0 Å². The van der Waals surface area contributed by atoms with E-state index in [0.717, 1.165) is 0 Å². The third kappa shape index (κ3) is 6.77. The first kappa shape index (κ1) is 17.7. The second-order valence-electron chi connectivity index (χ2n) is 4.06. The number of esters is 1. The molecular weight excluding hydrogens is 298 g/mol. The molecule has 2 N–H and O–H groups in total. The normalized spacial score (nSPS) is 10.6. The number of anilines is 1. The number of hydrogen-bond acceptors (Lipinski definition) is 6. The summed E-state index contributed by atoms with van der Waals surface area (Å²) >= 11 is 5.91. The van der Waals surface area contributed by atoms with Crippen molar-refractivity contribution in [1.82, 2.24) is 0 Å². The van der Waals surface area contributed by atoms with Gasteiger partial charge in [-0.05, 0) is 12.1 Å². The third-order valence-electron chi connectivity index (χ3n) is 2.51. The van der Waals surface area contributed by atoms with E-state index in [2.05, 4.69) is 0 Å². The van der Waals surface area contributed by atoms with Crippen LogP contribution in [0.15, 0.2) is 18.2 Å². The van der Waals surface area contributed by atoms with E-state index >= 15 is 0 Å². The average Bonchev–Trinajstić information content (AvgIpc) is 2.45. The van der Waals surface area contributed by atoms with Gasteiger partial charge in [-0.15, -0.1) is 0 Å². The second-order valence-corrected chi connectivity index (χ2v) is 4.46. The largest absolute Gasteiger partial charge is 0.460 e. The highest BCUT2D eigenvalue weighted by atomic mass is 35.5. The van der Waals surface area contributed by atoms with Crippen LogP contribution in [0, 0.1) is 0 Å². The summed E-state index contributed by atoms with van der Waals surface area (Å²) in [7, 11) is 1.61. The van der Waals surface area contributed by atoms with Gasteiger partial charge in [0.1, 0.15) is 12.2 Å². The Labute approximate surface area is 129 Å². The van der Waals surface area contributed by atoms with Crippen molar-refractivity contribution in [3.63, 3.8) is 0 Å². The van der Waals surface area contributed by atoms with E-state index in [1.807, 2.05) is 0 Å². The highest BCUT2D eigenvalue weighted by molar-refractivity contribution is 6.34. The summed E-state index contributed by atoms with van der Waals surface area (Å²) in [6, 6.07) is 4.85. The lowest BCUT2D eigenvalue weighted by Gasteiger charge is -2.09. The maximum absolute atomic E-state index is 11.8. The molecule has 0 aromatic heterocycles. The zero-order valence-electron chi connectivity index (χ0n) is 12.0. The summed E-state index contributed by atoms with van der Waals surface area (Å²) in [6.07, 6.45) is 0. The molecule has 0 saturated heterocycles. The van der Waals surface area contributed by atoms with Gasteiger partial charge in [0.15, 0.2) is 0 Å². The van der Waals surface area contributed by atoms with E-state index in [1.54, 1.807) is 25.3 Å². The molecule has 1 aromatic carbocycles. The molecular formula is C14H20ClNO5. The van der Waals surface area contributed by atoms with Crippen molar-refractivity contribution in [3.05, 3.63) is 28.8 Å². The van der Waals surface area contributed by atoms with Gasteiger partial charge in [0, 0.05) is 12.8 Å². The number of ether oxygens (including phenoxy) is 4. The van der Waals surface area contributed by atoms with E-state index in [1.165, 1.54) is 0 Å². The number of carbonyl (C=O) groups is 1. The summed E-state index contributed by atoms with van der Waals surface area (Å²) in [6.45, 7) is 2.38. The number of nitrogens with two attached hydrogens (primary N) is 1. The molecule has 0 radical (unpaired) electrons. The van der Waals surface area contributed by atoms with E-state index in [4.69, 9.17) is 36.3 Å². The highest BCUT2D eigenvalue weighted by Crippen LogP contribution is 2.22. The fourth-order valence-corrected chi connectivity index (χ4v) is 1.74. The molecule has 0 aliphatic rings. The van der Waals surface area contributed by atoms with Crippen molar-refractivity contribution in [2.75, 3.05) is 52.5 Å². The Bertz CT molecular complexity index is 421. The Balaban J connectivity index is 2.14. The minimum Gasteiger partial charge on any atom is -0.460 e. The summed E-state index contributed by atoms with van der Waals surface area (Å²) in [5, 5.41) is 0.271. The third-order valence-corrected chi connectivity index (χ3v) is 2.83. The van der Waals surface area contributed by atoms with Gasteiger partial charge in [0.25, 0.3) is 0 Å². The smallest absolute Gasteiger partial charge is 0.341 e. The van der Waals surface area contributed by atoms with Crippen molar-refractivity contribution in [2.45, 2.75) is 0 Å². The van der Waals surface area contributed by atoms with Crippen molar-refractivity contribution < 1.29 is 23.7 Å². The minimum absolute atomic E-state index is 0.127. The number of halogens is 1.